The third kappa shape index (κ3) is 0.716. The third-order valence-electron chi connectivity index (χ3n) is 1.14. The molecule has 2 heterocycles. The van der Waals surface area contributed by atoms with Crippen LogP contribution >= 0.6 is 0 Å². The molecule has 0 unspecified atom stereocenters. The van der Waals surface area contributed by atoms with Crippen molar-refractivity contribution in [2.24, 2.45) is 20.0 Å². The van der Waals surface area contributed by atoms with Crippen LogP contribution in [0.4, 0.5) is 0 Å². The molecule has 0 bridgehead atoms. The molecule has 0 saturated carbocycles. The second-order valence-electron chi connectivity index (χ2n) is 1.72. The predicted octanol–water partition coefficient (Wildman–Crippen LogP) is -0.792. The first kappa shape index (κ1) is 5.82. The van der Waals surface area contributed by atoms with Gasteiger partial charge in [-0.2, -0.15) is 0 Å². The fourth-order valence-electron chi connectivity index (χ4n) is 0.703. The minimum absolute atomic E-state index is 0.642. The summed E-state index contributed by atoms with van der Waals surface area (Å²) in [5.74, 6) is 0.642. The first-order valence-corrected chi connectivity index (χ1v) is 3.49. The Balaban J connectivity index is 2.54. The Labute approximate surface area is 64.9 Å². The molecule has 0 aliphatic carbocycles. The quantitative estimate of drug-likeness (QED) is 0.457. The van der Waals surface area contributed by atoms with Gasteiger partial charge in [-0.15, -0.1) is 0 Å². The fourth-order valence-corrected chi connectivity index (χ4v) is 1.10. The fraction of sp³-hybridized carbons (Fsp3) is 0. The van der Waals surface area contributed by atoms with Crippen LogP contribution in [-0.4, -0.2) is 44.3 Å². The van der Waals surface area contributed by atoms with Crippen LogP contribution in [0.15, 0.2) is 20.0 Å². The zero-order chi connectivity index (χ0) is 6.97. The van der Waals surface area contributed by atoms with Gasteiger partial charge in [-0.25, -0.2) is 0 Å². The van der Waals surface area contributed by atoms with Gasteiger partial charge in [-0.05, 0) is 0 Å². The Hall–Kier alpha value is -0.931. The normalized spacial score (nSPS) is 20.6. The zero-order valence-electron chi connectivity index (χ0n) is 4.85. The molecule has 2 aliphatic rings. The van der Waals surface area contributed by atoms with E-state index < -0.39 is 0 Å². The van der Waals surface area contributed by atoms with E-state index in [9.17, 15) is 0 Å². The number of aliphatic imine (C=N–C) groups is 4. The average Bonchev–Trinajstić information content (AvgIpc) is 2.36. The molecular formula is C5H2N4Se. The van der Waals surface area contributed by atoms with Gasteiger partial charge in [0.25, 0.3) is 0 Å². The number of fused-ring (bicyclic) bond motifs is 1. The van der Waals surface area contributed by atoms with Crippen LogP contribution in [0.2, 0.25) is 0 Å². The maximum absolute atomic E-state index is 3.95. The van der Waals surface area contributed by atoms with Crippen LogP contribution in [0.3, 0.4) is 0 Å². The van der Waals surface area contributed by atoms with E-state index in [-0.39, 0.29) is 0 Å². The van der Waals surface area contributed by atoms with E-state index >= 15 is 0 Å². The van der Waals surface area contributed by atoms with Gasteiger partial charge in [0, 0.05) is 0 Å². The van der Waals surface area contributed by atoms with E-state index in [1.54, 1.807) is 0 Å². The van der Waals surface area contributed by atoms with Crippen molar-refractivity contribution >= 4 is 44.3 Å². The van der Waals surface area contributed by atoms with Gasteiger partial charge < -0.3 is 0 Å². The number of nitrogens with zero attached hydrogens (tertiary/aromatic N) is 4. The molecule has 0 radical (unpaired) electrons. The van der Waals surface area contributed by atoms with E-state index in [0.717, 1.165) is 10.3 Å². The average molecular weight is 197 g/mol. The number of hydrogen-bond donors (Lipinski definition) is 0. The van der Waals surface area contributed by atoms with Crippen LogP contribution in [0, 0.1) is 0 Å². The van der Waals surface area contributed by atoms with Crippen molar-refractivity contribution in [1.82, 2.24) is 0 Å². The molecule has 0 aromatic carbocycles. The van der Waals surface area contributed by atoms with Gasteiger partial charge in [0.1, 0.15) is 0 Å². The minimum atomic E-state index is 0.642. The summed E-state index contributed by atoms with van der Waals surface area (Å²) in [6.45, 7) is 0. The van der Waals surface area contributed by atoms with Crippen molar-refractivity contribution < 1.29 is 0 Å². The topological polar surface area (TPSA) is 49.4 Å². The molecule has 10 heavy (non-hydrogen) atoms. The Bertz CT molecular complexity index is 304. The molecule has 0 fully saturated rings. The van der Waals surface area contributed by atoms with Gasteiger partial charge in [-0.1, -0.05) is 0 Å². The Morgan fingerprint density at radius 2 is 1.90 bits per heavy atom. The summed E-state index contributed by atoms with van der Waals surface area (Å²) in [6.07, 6.45) is 2.93. The first-order chi connectivity index (χ1) is 4.88. The van der Waals surface area contributed by atoms with E-state index in [1.807, 2.05) is 0 Å². The Morgan fingerprint density at radius 3 is 2.70 bits per heavy atom. The Kier molecular flexibility index (Phi) is 1.19. The molecule has 48 valence electrons. The molecule has 0 spiro atoms. The van der Waals surface area contributed by atoms with Crippen molar-refractivity contribution in [1.29, 1.82) is 0 Å². The molecule has 4 nitrogen and oxygen atoms in total. The molecule has 0 saturated heterocycles. The van der Waals surface area contributed by atoms with Crippen LogP contribution in [0.25, 0.3) is 0 Å². The third-order valence-corrected chi connectivity index (χ3v) is 1.76. The van der Waals surface area contributed by atoms with Crippen LogP contribution in [-0.2, 0) is 0 Å². The molecule has 0 N–H and O–H groups in total. The van der Waals surface area contributed by atoms with Gasteiger partial charge in [0.15, 0.2) is 0 Å². The molecule has 5 heteroatoms. The van der Waals surface area contributed by atoms with E-state index in [4.69, 9.17) is 0 Å². The van der Waals surface area contributed by atoms with Crippen molar-refractivity contribution in [3.63, 3.8) is 0 Å². The Morgan fingerprint density at radius 1 is 1.10 bits per heavy atom. The summed E-state index contributed by atoms with van der Waals surface area (Å²) in [5.41, 5.74) is 0.738. The molecule has 0 aromatic rings. The maximum atomic E-state index is 3.95. The number of rotatable bonds is 0. The summed E-state index contributed by atoms with van der Waals surface area (Å²) in [6, 6.07) is 0. The van der Waals surface area contributed by atoms with Crippen LogP contribution in [0.1, 0.15) is 0 Å². The molecule has 2 rings (SSSR count). The number of amidine groups is 1. The van der Waals surface area contributed by atoms with Crippen LogP contribution in [0.5, 0.6) is 0 Å². The van der Waals surface area contributed by atoms with E-state index in [2.05, 4.69) is 35.5 Å². The van der Waals surface area contributed by atoms with Crippen molar-refractivity contribution in [3.8, 4) is 0 Å². The second-order valence-corrected chi connectivity index (χ2v) is 2.54. The monoisotopic (exact) mass is 198 g/mol. The summed E-state index contributed by atoms with van der Waals surface area (Å²) in [4.78, 5) is 15.7. The van der Waals surface area contributed by atoms with Crippen LogP contribution < -0.4 is 0 Å². The second kappa shape index (κ2) is 2.04. The molecule has 0 atom stereocenters. The first-order valence-electron chi connectivity index (χ1n) is 2.63. The standard InChI is InChI=1S/C5H2N4Se/c10-5-3-4(7-1-6-3)8-2-9-5/h1-2H. The number of hydrogen-bond acceptors (Lipinski definition) is 4. The van der Waals surface area contributed by atoms with Gasteiger partial charge >= 0.3 is 64.3 Å². The molecular weight excluding hydrogens is 195 g/mol. The summed E-state index contributed by atoms with van der Waals surface area (Å²) >= 11 is 2.78. The summed E-state index contributed by atoms with van der Waals surface area (Å²) in [7, 11) is 0. The van der Waals surface area contributed by atoms with Crippen molar-refractivity contribution in [2.75, 3.05) is 0 Å². The zero-order valence-corrected chi connectivity index (χ0v) is 6.56. The molecule has 0 aromatic heterocycles. The summed E-state index contributed by atoms with van der Waals surface area (Å²) < 4.78 is 0.752. The SMILES string of the molecule is [Se]=C1N=CN=C2N=CN=C12. The van der Waals surface area contributed by atoms with Gasteiger partial charge in [-0.3, -0.25) is 0 Å². The van der Waals surface area contributed by atoms with E-state index in [0.29, 0.717) is 5.84 Å². The molecule has 0 amide bonds. The molecule has 2 aliphatic heterocycles. The van der Waals surface area contributed by atoms with E-state index in [1.165, 1.54) is 12.7 Å². The van der Waals surface area contributed by atoms with Crippen molar-refractivity contribution in [2.45, 2.75) is 0 Å². The van der Waals surface area contributed by atoms with Gasteiger partial charge in [0.05, 0.1) is 0 Å². The van der Waals surface area contributed by atoms with Gasteiger partial charge in [0.2, 0.25) is 0 Å². The van der Waals surface area contributed by atoms with Crippen molar-refractivity contribution in [3.05, 3.63) is 0 Å². The predicted molar refractivity (Wildman–Crippen MR) is 42.6 cm³/mol. The summed E-state index contributed by atoms with van der Waals surface area (Å²) in [5, 5.41) is 0.